The van der Waals surface area contributed by atoms with E-state index in [1.807, 2.05) is 13.8 Å². The van der Waals surface area contributed by atoms with Crippen LogP contribution in [0.25, 0.3) is 0 Å². The van der Waals surface area contributed by atoms with Crippen molar-refractivity contribution in [2.24, 2.45) is 5.92 Å². The topological polar surface area (TPSA) is 63.6 Å². The SMILES string of the molecule is CC1(C)CC(CCC(=O)O)C(=O)O1. The maximum atomic E-state index is 11.2. The zero-order valence-electron chi connectivity index (χ0n) is 7.87. The maximum absolute atomic E-state index is 11.2. The van der Waals surface area contributed by atoms with E-state index in [9.17, 15) is 9.59 Å². The summed E-state index contributed by atoms with van der Waals surface area (Å²) in [6.07, 6.45) is 1.05. The van der Waals surface area contributed by atoms with Crippen LogP contribution in [0.5, 0.6) is 0 Å². The minimum atomic E-state index is -0.863. The Morgan fingerprint density at radius 2 is 2.31 bits per heavy atom. The molecule has 13 heavy (non-hydrogen) atoms. The Hall–Kier alpha value is -1.06. The lowest BCUT2D eigenvalue weighted by Crippen LogP contribution is -2.17. The van der Waals surface area contributed by atoms with Gasteiger partial charge in [-0.25, -0.2) is 0 Å². The van der Waals surface area contributed by atoms with Crippen LogP contribution in [0.1, 0.15) is 33.1 Å². The monoisotopic (exact) mass is 186 g/mol. The van der Waals surface area contributed by atoms with Gasteiger partial charge in [0.1, 0.15) is 5.60 Å². The highest BCUT2D eigenvalue weighted by Gasteiger charge is 2.39. The minimum Gasteiger partial charge on any atom is -0.481 e. The molecule has 1 atom stereocenters. The van der Waals surface area contributed by atoms with E-state index in [-0.39, 0.29) is 18.3 Å². The van der Waals surface area contributed by atoms with Crippen molar-refractivity contribution < 1.29 is 19.4 Å². The molecule has 0 radical (unpaired) electrons. The third-order valence-corrected chi connectivity index (χ3v) is 2.15. The van der Waals surface area contributed by atoms with Crippen molar-refractivity contribution in [1.82, 2.24) is 0 Å². The molecule has 1 saturated heterocycles. The smallest absolute Gasteiger partial charge is 0.309 e. The standard InChI is InChI=1S/C9H14O4/c1-9(2)5-6(8(12)13-9)3-4-7(10)11/h6H,3-5H2,1-2H3,(H,10,11). The summed E-state index contributed by atoms with van der Waals surface area (Å²) in [6.45, 7) is 3.68. The van der Waals surface area contributed by atoms with E-state index in [0.29, 0.717) is 12.8 Å². The first-order chi connectivity index (χ1) is 5.91. The normalized spacial score (nSPS) is 25.7. The summed E-state index contributed by atoms with van der Waals surface area (Å²) in [4.78, 5) is 21.5. The van der Waals surface area contributed by atoms with Crippen molar-refractivity contribution in [2.75, 3.05) is 0 Å². The summed E-state index contributed by atoms with van der Waals surface area (Å²) in [5, 5.41) is 8.44. The summed E-state index contributed by atoms with van der Waals surface area (Å²) in [6, 6.07) is 0. The minimum absolute atomic E-state index is 0.0375. The van der Waals surface area contributed by atoms with E-state index in [2.05, 4.69) is 0 Å². The lowest BCUT2D eigenvalue weighted by Gasteiger charge is -2.14. The van der Waals surface area contributed by atoms with E-state index in [0.717, 1.165) is 0 Å². The Morgan fingerprint density at radius 3 is 2.69 bits per heavy atom. The van der Waals surface area contributed by atoms with Gasteiger partial charge in [-0.05, 0) is 26.7 Å². The fourth-order valence-electron chi connectivity index (χ4n) is 1.59. The first kappa shape index (κ1) is 10.0. The second-order valence-electron chi connectivity index (χ2n) is 4.01. The number of aliphatic carboxylic acids is 1. The molecule has 1 heterocycles. The van der Waals surface area contributed by atoms with Crippen molar-refractivity contribution in [3.05, 3.63) is 0 Å². The van der Waals surface area contributed by atoms with Crippen molar-refractivity contribution in [2.45, 2.75) is 38.7 Å². The third kappa shape index (κ3) is 2.72. The van der Waals surface area contributed by atoms with Crippen LogP contribution in [0.15, 0.2) is 0 Å². The number of hydrogen-bond acceptors (Lipinski definition) is 3. The van der Waals surface area contributed by atoms with Gasteiger partial charge in [-0.2, -0.15) is 0 Å². The molecule has 0 bridgehead atoms. The predicted octanol–water partition coefficient (Wildman–Crippen LogP) is 1.19. The van der Waals surface area contributed by atoms with E-state index >= 15 is 0 Å². The highest BCUT2D eigenvalue weighted by molar-refractivity contribution is 5.76. The molecule has 1 N–H and O–H groups in total. The predicted molar refractivity (Wildman–Crippen MR) is 45.1 cm³/mol. The zero-order valence-corrected chi connectivity index (χ0v) is 7.87. The second-order valence-corrected chi connectivity index (χ2v) is 4.01. The van der Waals surface area contributed by atoms with E-state index in [4.69, 9.17) is 9.84 Å². The number of carbonyl (C=O) groups excluding carboxylic acids is 1. The molecule has 0 amide bonds. The highest BCUT2D eigenvalue weighted by Crippen LogP contribution is 2.32. The summed E-state index contributed by atoms with van der Waals surface area (Å²) >= 11 is 0. The van der Waals surface area contributed by atoms with Crippen LogP contribution in [0.2, 0.25) is 0 Å². The number of esters is 1. The van der Waals surface area contributed by atoms with Crippen LogP contribution in [-0.2, 0) is 14.3 Å². The number of carboxylic acid groups (broad SMARTS) is 1. The number of carboxylic acids is 1. The molecule has 0 aliphatic carbocycles. The van der Waals surface area contributed by atoms with Gasteiger partial charge in [0, 0.05) is 6.42 Å². The Morgan fingerprint density at radius 1 is 1.69 bits per heavy atom. The molecule has 0 spiro atoms. The number of rotatable bonds is 3. The summed E-state index contributed by atoms with van der Waals surface area (Å²) < 4.78 is 5.06. The van der Waals surface area contributed by atoms with E-state index < -0.39 is 11.6 Å². The first-order valence-electron chi connectivity index (χ1n) is 4.35. The molecular weight excluding hydrogens is 172 g/mol. The molecule has 4 nitrogen and oxygen atoms in total. The second kappa shape index (κ2) is 3.36. The quantitative estimate of drug-likeness (QED) is 0.672. The molecule has 4 heteroatoms. The lowest BCUT2D eigenvalue weighted by molar-refractivity contribution is -0.148. The van der Waals surface area contributed by atoms with Gasteiger partial charge in [0.05, 0.1) is 5.92 Å². The van der Waals surface area contributed by atoms with Gasteiger partial charge in [0.15, 0.2) is 0 Å². The van der Waals surface area contributed by atoms with Crippen LogP contribution in [-0.4, -0.2) is 22.6 Å². The molecule has 1 rings (SSSR count). The fraction of sp³-hybridized carbons (Fsp3) is 0.778. The van der Waals surface area contributed by atoms with Crippen LogP contribution in [0.4, 0.5) is 0 Å². The fourth-order valence-corrected chi connectivity index (χ4v) is 1.59. The Kier molecular flexibility index (Phi) is 2.59. The van der Waals surface area contributed by atoms with Gasteiger partial charge in [-0.15, -0.1) is 0 Å². The van der Waals surface area contributed by atoms with Crippen molar-refractivity contribution in [3.63, 3.8) is 0 Å². The van der Waals surface area contributed by atoms with Crippen LogP contribution >= 0.6 is 0 Å². The summed E-state index contributed by atoms with van der Waals surface area (Å²) in [7, 11) is 0. The molecule has 0 aromatic rings. The van der Waals surface area contributed by atoms with Gasteiger partial charge in [0.25, 0.3) is 0 Å². The molecule has 0 aromatic carbocycles. The average Bonchev–Trinajstić information content (AvgIpc) is 2.20. The van der Waals surface area contributed by atoms with Crippen LogP contribution in [0.3, 0.4) is 0 Å². The number of ether oxygens (including phenoxy) is 1. The Labute approximate surface area is 76.9 Å². The van der Waals surface area contributed by atoms with Crippen LogP contribution in [0, 0.1) is 5.92 Å². The van der Waals surface area contributed by atoms with E-state index in [1.54, 1.807) is 0 Å². The van der Waals surface area contributed by atoms with Gasteiger partial charge in [-0.1, -0.05) is 0 Å². The lowest BCUT2D eigenvalue weighted by atomic mass is 9.94. The number of hydrogen-bond donors (Lipinski definition) is 1. The largest absolute Gasteiger partial charge is 0.481 e. The number of carbonyl (C=O) groups is 2. The molecular formula is C9H14O4. The average molecular weight is 186 g/mol. The van der Waals surface area contributed by atoms with Gasteiger partial charge < -0.3 is 9.84 Å². The maximum Gasteiger partial charge on any atom is 0.309 e. The molecule has 0 saturated carbocycles. The molecule has 74 valence electrons. The van der Waals surface area contributed by atoms with E-state index in [1.165, 1.54) is 0 Å². The number of cyclic esters (lactones) is 1. The molecule has 1 unspecified atom stereocenters. The van der Waals surface area contributed by atoms with Gasteiger partial charge >= 0.3 is 11.9 Å². The van der Waals surface area contributed by atoms with Crippen LogP contribution < -0.4 is 0 Å². The Bertz CT molecular complexity index is 232. The van der Waals surface area contributed by atoms with Crippen molar-refractivity contribution >= 4 is 11.9 Å². The highest BCUT2D eigenvalue weighted by atomic mass is 16.6. The first-order valence-corrected chi connectivity index (χ1v) is 4.35. The molecule has 1 fully saturated rings. The summed E-state index contributed by atoms with van der Waals surface area (Å²) in [5.74, 6) is -1.35. The summed E-state index contributed by atoms with van der Waals surface area (Å²) in [5.41, 5.74) is -0.416. The Balaban J connectivity index is 2.44. The zero-order chi connectivity index (χ0) is 10.1. The molecule has 1 aliphatic rings. The van der Waals surface area contributed by atoms with Crippen molar-refractivity contribution in [1.29, 1.82) is 0 Å². The van der Waals surface area contributed by atoms with Gasteiger partial charge in [-0.3, -0.25) is 9.59 Å². The molecule has 0 aromatic heterocycles. The third-order valence-electron chi connectivity index (χ3n) is 2.15. The molecule has 1 aliphatic heterocycles. The van der Waals surface area contributed by atoms with Gasteiger partial charge in [0.2, 0.25) is 0 Å². The van der Waals surface area contributed by atoms with Crippen molar-refractivity contribution in [3.8, 4) is 0 Å².